The van der Waals surface area contributed by atoms with Crippen molar-refractivity contribution >= 4 is 26.5 Å². The Labute approximate surface area is 161 Å². The number of hydrogen-bond acceptors (Lipinski definition) is 2. The van der Waals surface area contributed by atoms with Crippen LogP contribution >= 0.6 is 0 Å². The van der Waals surface area contributed by atoms with E-state index in [1.165, 1.54) is 30.3 Å². The molecule has 0 bridgehead atoms. The van der Waals surface area contributed by atoms with Gasteiger partial charge in [0, 0.05) is 5.39 Å². The van der Waals surface area contributed by atoms with Crippen LogP contribution in [0.1, 0.15) is 0 Å². The fourth-order valence-electron chi connectivity index (χ4n) is 3.27. The lowest BCUT2D eigenvalue weighted by molar-refractivity contribution is -0.258. The molecule has 0 saturated carbocycles. The fourth-order valence-corrected chi connectivity index (χ4v) is 4.77. The molecule has 0 radical (unpaired) electrons. The van der Waals surface area contributed by atoms with Crippen molar-refractivity contribution in [1.82, 2.24) is 0 Å². The first kappa shape index (κ1) is 19.6. The molecule has 10 heteroatoms. The zero-order valence-electron chi connectivity index (χ0n) is 14.3. The standard InChI is InChI=1S/C19H11F6NO2S/c20-17(21)18(22,23)26(29(27,28)19(17,24)25)16-11-14(12-6-2-1-3-7-12)10-13-8-4-5-9-15(13)16/h1-11H. The molecule has 0 aromatic heterocycles. The molecule has 0 N–H and O–H groups in total. The second-order valence-electron chi connectivity index (χ2n) is 6.48. The van der Waals surface area contributed by atoms with E-state index in [0.29, 0.717) is 5.56 Å². The highest BCUT2D eigenvalue weighted by atomic mass is 32.2. The first-order valence-electron chi connectivity index (χ1n) is 8.19. The van der Waals surface area contributed by atoms with Gasteiger partial charge in [-0.05, 0) is 28.6 Å². The Morgan fingerprint density at radius 2 is 1.31 bits per heavy atom. The number of rotatable bonds is 2. The second kappa shape index (κ2) is 5.88. The van der Waals surface area contributed by atoms with E-state index in [9.17, 15) is 34.8 Å². The van der Waals surface area contributed by atoms with Gasteiger partial charge in [-0.15, -0.1) is 0 Å². The summed E-state index contributed by atoms with van der Waals surface area (Å²) in [6.07, 6.45) is 0. The van der Waals surface area contributed by atoms with Gasteiger partial charge in [-0.1, -0.05) is 54.6 Å². The van der Waals surface area contributed by atoms with Crippen molar-refractivity contribution in [2.24, 2.45) is 0 Å². The molecule has 1 fully saturated rings. The van der Waals surface area contributed by atoms with Crippen LogP contribution in [0, 0.1) is 0 Å². The normalized spacial score (nSPS) is 21.4. The third-order valence-corrected chi connectivity index (χ3v) is 6.54. The Kier molecular flexibility index (Phi) is 3.97. The van der Waals surface area contributed by atoms with Gasteiger partial charge < -0.3 is 0 Å². The minimum Gasteiger partial charge on any atom is -0.200 e. The molecule has 1 aliphatic heterocycles. The quantitative estimate of drug-likeness (QED) is 0.398. The van der Waals surface area contributed by atoms with Crippen molar-refractivity contribution in [3.05, 3.63) is 66.7 Å². The summed E-state index contributed by atoms with van der Waals surface area (Å²) in [4.78, 5) is 0. The van der Waals surface area contributed by atoms with Crippen LogP contribution in [-0.4, -0.2) is 25.6 Å². The molecule has 4 rings (SSSR count). The lowest BCUT2D eigenvalue weighted by Gasteiger charge is -2.26. The number of halogens is 6. The maximum atomic E-state index is 14.4. The summed E-state index contributed by atoms with van der Waals surface area (Å²) in [6.45, 7) is 0. The van der Waals surface area contributed by atoms with E-state index >= 15 is 0 Å². The summed E-state index contributed by atoms with van der Waals surface area (Å²) < 4.78 is 108. The Hall–Kier alpha value is -2.75. The Morgan fingerprint density at radius 1 is 0.724 bits per heavy atom. The summed E-state index contributed by atoms with van der Waals surface area (Å²) in [6, 6.07) is 10.3. The third-order valence-electron chi connectivity index (χ3n) is 4.73. The minimum atomic E-state index is -6.42. The molecule has 0 atom stereocenters. The smallest absolute Gasteiger partial charge is 0.200 e. The van der Waals surface area contributed by atoms with Crippen molar-refractivity contribution in [1.29, 1.82) is 0 Å². The molecule has 29 heavy (non-hydrogen) atoms. The molecule has 152 valence electrons. The van der Waals surface area contributed by atoms with Gasteiger partial charge in [0.2, 0.25) is 0 Å². The van der Waals surface area contributed by atoms with Crippen LogP contribution in [-0.2, 0) is 10.0 Å². The van der Waals surface area contributed by atoms with Crippen molar-refractivity contribution in [2.45, 2.75) is 17.2 Å². The number of anilines is 1. The van der Waals surface area contributed by atoms with Gasteiger partial charge in [0.1, 0.15) is 0 Å². The van der Waals surface area contributed by atoms with E-state index in [2.05, 4.69) is 0 Å². The van der Waals surface area contributed by atoms with E-state index in [0.717, 1.165) is 6.07 Å². The summed E-state index contributed by atoms with van der Waals surface area (Å²) in [5.41, 5.74) is -0.300. The van der Waals surface area contributed by atoms with E-state index in [-0.39, 0.29) is 16.3 Å². The molecule has 3 aromatic rings. The number of nitrogens with zero attached hydrogens (tertiary/aromatic N) is 1. The van der Waals surface area contributed by atoms with E-state index in [1.807, 2.05) is 0 Å². The van der Waals surface area contributed by atoms with Gasteiger partial charge >= 0.3 is 27.2 Å². The number of hydrogen-bond donors (Lipinski definition) is 0. The van der Waals surface area contributed by atoms with Gasteiger partial charge in [0.25, 0.3) is 0 Å². The minimum absolute atomic E-state index is 0.191. The molecule has 0 spiro atoms. The van der Waals surface area contributed by atoms with Gasteiger partial charge in [0.15, 0.2) is 0 Å². The monoisotopic (exact) mass is 431 g/mol. The fraction of sp³-hybridized carbons (Fsp3) is 0.158. The molecule has 3 nitrogen and oxygen atoms in total. The largest absolute Gasteiger partial charge is 0.434 e. The maximum Gasteiger partial charge on any atom is 0.434 e. The van der Waals surface area contributed by atoms with Crippen molar-refractivity contribution in [3.63, 3.8) is 0 Å². The van der Waals surface area contributed by atoms with Gasteiger partial charge in [-0.3, -0.25) is 0 Å². The SMILES string of the molecule is O=S1(=O)N(c2cc(-c3ccccc3)cc3ccccc23)C(F)(F)C(F)(F)C1(F)F. The van der Waals surface area contributed by atoms with Crippen molar-refractivity contribution < 1.29 is 34.8 Å². The predicted molar refractivity (Wildman–Crippen MR) is 95.6 cm³/mol. The average Bonchev–Trinajstić information content (AvgIpc) is 2.74. The summed E-state index contributed by atoms with van der Waals surface area (Å²) in [7, 11) is -6.42. The molecular formula is C19H11F6NO2S. The molecule has 1 heterocycles. The third kappa shape index (κ3) is 2.41. The summed E-state index contributed by atoms with van der Waals surface area (Å²) in [5, 5.41) is -5.95. The number of fused-ring (bicyclic) bond motifs is 1. The van der Waals surface area contributed by atoms with Crippen LogP contribution in [0.4, 0.5) is 32.0 Å². The van der Waals surface area contributed by atoms with E-state index in [4.69, 9.17) is 0 Å². The van der Waals surface area contributed by atoms with Crippen LogP contribution < -0.4 is 4.31 Å². The number of benzene rings is 3. The van der Waals surface area contributed by atoms with Crippen LogP contribution in [0.25, 0.3) is 21.9 Å². The van der Waals surface area contributed by atoms with Gasteiger partial charge in [-0.2, -0.15) is 39.1 Å². The molecular weight excluding hydrogens is 420 g/mol. The Morgan fingerprint density at radius 3 is 1.90 bits per heavy atom. The molecule has 0 amide bonds. The van der Waals surface area contributed by atoms with Crippen LogP contribution in [0.15, 0.2) is 66.7 Å². The highest BCUT2D eigenvalue weighted by Crippen LogP contribution is 2.60. The zero-order valence-corrected chi connectivity index (χ0v) is 15.1. The number of sulfonamides is 1. The lowest BCUT2D eigenvalue weighted by Crippen LogP contribution is -2.50. The highest BCUT2D eigenvalue weighted by Gasteiger charge is 2.89. The Balaban J connectivity index is 2.08. The van der Waals surface area contributed by atoms with Gasteiger partial charge in [0.05, 0.1) is 5.69 Å². The Bertz CT molecular complexity index is 1210. The summed E-state index contributed by atoms with van der Waals surface area (Å²) >= 11 is 0. The lowest BCUT2D eigenvalue weighted by atomic mass is 9.99. The second-order valence-corrected chi connectivity index (χ2v) is 8.31. The molecule has 1 aliphatic rings. The van der Waals surface area contributed by atoms with Crippen LogP contribution in [0.2, 0.25) is 0 Å². The first-order valence-corrected chi connectivity index (χ1v) is 9.63. The number of alkyl halides is 6. The predicted octanol–water partition coefficient (Wildman–Crippen LogP) is 5.48. The van der Waals surface area contributed by atoms with Crippen LogP contribution in [0.3, 0.4) is 0 Å². The summed E-state index contributed by atoms with van der Waals surface area (Å²) in [5.74, 6) is -6.12. The molecule has 1 saturated heterocycles. The first-order chi connectivity index (χ1) is 13.4. The molecule has 3 aromatic carbocycles. The zero-order chi connectivity index (χ0) is 21.2. The molecule has 0 unspecified atom stereocenters. The van der Waals surface area contributed by atoms with Crippen LogP contribution in [0.5, 0.6) is 0 Å². The van der Waals surface area contributed by atoms with Crippen molar-refractivity contribution in [2.75, 3.05) is 4.31 Å². The maximum absolute atomic E-state index is 14.4. The van der Waals surface area contributed by atoms with Gasteiger partial charge in [-0.25, -0.2) is 0 Å². The van der Waals surface area contributed by atoms with E-state index < -0.39 is 37.2 Å². The highest BCUT2D eigenvalue weighted by molar-refractivity contribution is 7.94. The topological polar surface area (TPSA) is 37.4 Å². The van der Waals surface area contributed by atoms with Crippen molar-refractivity contribution in [3.8, 4) is 11.1 Å². The molecule has 0 aliphatic carbocycles. The average molecular weight is 431 g/mol. The van der Waals surface area contributed by atoms with E-state index in [1.54, 1.807) is 30.3 Å².